The van der Waals surface area contributed by atoms with E-state index in [1.54, 1.807) is 19.9 Å². The molecular weight excluding hydrogens is 228 g/mol. The molecule has 16 heavy (non-hydrogen) atoms. The number of thiophene rings is 1. The fraction of sp³-hybridized carbons (Fsp3) is 0.545. The summed E-state index contributed by atoms with van der Waals surface area (Å²) in [6, 6.07) is 3.60. The van der Waals surface area contributed by atoms with Gasteiger partial charge < -0.3 is 14.9 Å². The molecule has 0 saturated carbocycles. The Balaban J connectivity index is 2.80. The van der Waals surface area contributed by atoms with Crippen molar-refractivity contribution in [3.05, 3.63) is 21.9 Å². The summed E-state index contributed by atoms with van der Waals surface area (Å²) in [4.78, 5) is 12.8. The van der Waals surface area contributed by atoms with E-state index in [0.29, 0.717) is 4.88 Å². The maximum absolute atomic E-state index is 11.1. The SMILES string of the molecule is Cc1ccc(C(OC(C)C(C)O)C(=O)O)s1. The number of carbonyl (C=O) groups is 1. The molecule has 0 spiro atoms. The monoisotopic (exact) mass is 244 g/mol. The van der Waals surface area contributed by atoms with E-state index in [9.17, 15) is 9.90 Å². The number of rotatable bonds is 5. The van der Waals surface area contributed by atoms with Gasteiger partial charge in [0.2, 0.25) is 0 Å². The minimum atomic E-state index is -1.03. The van der Waals surface area contributed by atoms with Gasteiger partial charge in [-0.25, -0.2) is 4.79 Å². The summed E-state index contributed by atoms with van der Waals surface area (Å²) in [6.45, 7) is 5.13. The Morgan fingerprint density at radius 3 is 2.44 bits per heavy atom. The van der Waals surface area contributed by atoms with Crippen molar-refractivity contribution in [3.63, 3.8) is 0 Å². The predicted molar refractivity (Wildman–Crippen MR) is 61.7 cm³/mol. The van der Waals surface area contributed by atoms with Crippen LogP contribution in [0.25, 0.3) is 0 Å². The molecule has 3 unspecified atom stereocenters. The van der Waals surface area contributed by atoms with E-state index in [0.717, 1.165) is 4.88 Å². The molecule has 0 aliphatic carbocycles. The largest absolute Gasteiger partial charge is 0.479 e. The summed E-state index contributed by atoms with van der Waals surface area (Å²) in [5.74, 6) is -1.03. The Bertz CT molecular complexity index is 359. The molecule has 0 aromatic carbocycles. The molecule has 90 valence electrons. The minimum Gasteiger partial charge on any atom is -0.479 e. The van der Waals surface area contributed by atoms with Crippen LogP contribution >= 0.6 is 11.3 Å². The molecule has 2 N–H and O–H groups in total. The molecule has 0 aliphatic rings. The summed E-state index contributed by atoms with van der Waals surface area (Å²) in [5.41, 5.74) is 0. The topological polar surface area (TPSA) is 66.8 Å². The zero-order valence-corrected chi connectivity index (χ0v) is 10.3. The highest BCUT2D eigenvalue weighted by atomic mass is 32.1. The van der Waals surface area contributed by atoms with E-state index >= 15 is 0 Å². The van der Waals surface area contributed by atoms with Gasteiger partial charge in [-0.3, -0.25) is 0 Å². The van der Waals surface area contributed by atoms with Crippen LogP contribution in [0.2, 0.25) is 0 Å². The normalized spacial score (nSPS) is 16.8. The Hall–Kier alpha value is -0.910. The second-order valence-electron chi connectivity index (χ2n) is 3.75. The van der Waals surface area contributed by atoms with Gasteiger partial charge in [0, 0.05) is 9.75 Å². The third kappa shape index (κ3) is 3.30. The molecule has 0 fully saturated rings. The van der Waals surface area contributed by atoms with Crippen molar-refractivity contribution in [2.75, 3.05) is 0 Å². The maximum Gasteiger partial charge on any atom is 0.338 e. The average Bonchev–Trinajstić information content (AvgIpc) is 2.59. The molecule has 0 radical (unpaired) electrons. The molecule has 1 aromatic rings. The van der Waals surface area contributed by atoms with Crippen molar-refractivity contribution < 1.29 is 19.7 Å². The van der Waals surface area contributed by atoms with Crippen LogP contribution < -0.4 is 0 Å². The quantitative estimate of drug-likeness (QED) is 0.831. The minimum absolute atomic E-state index is 0.511. The van der Waals surface area contributed by atoms with Crippen LogP contribution in [0.15, 0.2) is 12.1 Å². The van der Waals surface area contributed by atoms with Gasteiger partial charge in [-0.15, -0.1) is 11.3 Å². The number of aliphatic hydroxyl groups is 1. The fourth-order valence-corrected chi connectivity index (χ4v) is 2.08. The molecule has 1 rings (SSSR count). The molecule has 0 saturated heterocycles. The van der Waals surface area contributed by atoms with Gasteiger partial charge in [0.1, 0.15) is 0 Å². The van der Waals surface area contributed by atoms with Gasteiger partial charge in [0.15, 0.2) is 6.10 Å². The number of carboxylic acids is 1. The van der Waals surface area contributed by atoms with Crippen LogP contribution in [0.3, 0.4) is 0 Å². The molecule has 5 heteroatoms. The van der Waals surface area contributed by atoms with Crippen LogP contribution in [0.5, 0.6) is 0 Å². The van der Waals surface area contributed by atoms with Crippen LogP contribution in [-0.2, 0) is 9.53 Å². The summed E-state index contributed by atoms with van der Waals surface area (Å²) in [7, 11) is 0. The lowest BCUT2D eigenvalue weighted by Crippen LogP contribution is -2.27. The predicted octanol–water partition coefficient (Wildman–Crippen LogP) is 1.97. The van der Waals surface area contributed by atoms with E-state index in [1.165, 1.54) is 11.3 Å². The van der Waals surface area contributed by atoms with Gasteiger partial charge >= 0.3 is 5.97 Å². The maximum atomic E-state index is 11.1. The molecule has 1 heterocycles. The average molecular weight is 244 g/mol. The number of hydrogen-bond donors (Lipinski definition) is 2. The standard InChI is InChI=1S/C11H16O4S/c1-6-4-5-9(16-6)10(11(13)14)15-8(3)7(2)12/h4-5,7-8,10,12H,1-3H3,(H,13,14). The van der Waals surface area contributed by atoms with E-state index in [-0.39, 0.29) is 0 Å². The van der Waals surface area contributed by atoms with Gasteiger partial charge in [0.05, 0.1) is 12.2 Å². The summed E-state index contributed by atoms with van der Waals surface area (Å²) < 4.78 is 5.33. The third-order valence-electron chi connectivity index (χ3n) is 2.27. The Morgan fingerprint density at radius 1 is 1.44 bits per heavy atom. The molecule has 3 atom stereocenters. The van der Waals surface area contributed by atoms with Crippen molar-refractivity contribution in [1.29, 1.82) is 0 Å². The first kappa shape index (κ1) is 13.2. The van der Waals surface area contributed by atoms with Crippen molar-refractivity contribution >= 4 is 17.3 Å². The lowest BCUT2D eigenvalue weighted by Gasteiger charge is -2.20. The number of aliphatic carboxylic acids is 1. The number of ether oxygens (including phenoxy) is 1. The summed E-state index contributed by atoms with van der Waals surface area (Å²) in [5, 5.41) is 18.4. The summed E-state index contributed by atoms with van der Waals surface area (Å²) in [6.07, 6.45) is -2.20. The smallest absolute Gasteiger partial charge is 0.338 e. The van der Waals surface area contributed by atoms with Gasteiger partial charge in [0.25, 0.3) is 0 Å². The molecule has 0 amide bonds. The first-order valence-corrected chi connectivity index (χ1v) is 5.86. The van der Waals surface area contributed by atoms with Gasteiger partial charge in [-0.2, -0.15) is 0 Å². The lowest BCUT2D eigenvalue weighted by molar-refractivity contribution is -0.158. The second-order valence-corrected chi connectivity index (χ2v) is 5.07. The molecule has 0 bridgehead atoms. The van der Waals surface area contributed by atoms with Crippen molar-refractivity contribution in [1.82, 2.24) is 0 Å². The number of hydrogen-bond acceptors (Lipinski definition) is 4. The van der Waals surface area contributed by atoms with Crippen LogP contribution in [0.4, 0.5) is 0 Å². The van der Waals surface area contributed by atoms with E-state index in [4.69, 9.17) is 9.84 Å². The molecule has 1 aromatic heterocycles. The number of carboxylic acid groups (broad SMARTS) is 1. The van der Waals surface area contributed by atoms with Crippen molar-refractivity contribution in [2.45, 2.75) is 39.1 Å². The van der Waals surface area contributed by atoms with E-state index < -0.39 is 24.3 Å². The van der Waals surface area contributed by atoms with Crippen LogP contribution in [0.1, 0.15) is 29.7 Å². The Labute approximate surface area is 98.5 Å². The highest BCUT2D eigenvalue weighted by molar-refractivity contribution is 7.12. The van der Waals surface area contributed by atoms with Crippen molar-refractivity contribution in [3.8, 4) is 0 Å². The van der Waals surface area contributed by atoms with Crippen LogP contribution in [0, 0.1) is 6.92 Å². The third-order valence-corrected chi connectivity index (χ3v) is 3.32. The lowest BCUT2D eigenvalue weighted by atomic mass is 10.2. The highest BCUT2D eigenvalue weighted by Crippen LogP contribution is 2.27. The second kappa shape index (κ2) is 5.43. The molecule has 0 aliphatic heterocycles. The highest BCUT2D eigenvalue weighted by Gasteiger charge is 2.26. The Kier molecular flexibility index (Phi) is 4.46. The van der Waals surface area contributed by atoms with Gasteiger partial charge in [-0.1, -0.05) is 0 Å². The Morgan fingerprint density at radius 2 is 2.06 bits per heavy atom. The molecular formula is C11H16O4S. The summed E-state index contributed by atoms with van der Waals surface area (Å²) >= 11 is 1.39. The van der Waals surface area contributed by atoms with E-state index in [2.05, 4.69) is 0 Å². The number of aliphatic hydroxyl groups excluding tert-OH is 1. The van der Waals surface area contributed by atoms with E-state index in [1.807, 2.05) is 13.0 Å². The fourth-order valence-electron chi connectivity index (χ4n) is 1.17. The first-order chi connectivity index (χ1) is 7.41. The number of aryl methyl sites for hydroxylation is 1. The first-order valence-electron chi connectivity index (χ1n) is 5.04. The zero-order chi connectivity index (χ0) is 12.3. The van der Waals surface area contributed by atoms with Gasteiger partial charge in [-0.05, 0) is 32.9 Å². The van der Waals surface area contributed by atoms with Crippen LogP contribution in [-0.4, -0.2) is 28.4 Å². The van der Waals surface area contributed by atoms with Crippen molar-refractivity contribution in [2.24, 2.45) is 0 Å². The molecule has 4 nitrogen and oxygen atoms in total. The zero-order valence-electron chi connectivity index (χ0n) is 9.51.